The minimum absolute atomic E-state index is 0. The van der Waals surface area contributed by atoms with Crippen LogP contribution in [0.2, 0.25) is 5.02 Å². The van der Waals surface area contributed by atoms with E-state index in [1.165, 1.54) is 0 Å². The van der Waals surface area contributed by atoms with Crippen LogP contribution in [0.3, 0.4) is 0 Å². The number of aryl methyl sites for hydroxylation is 1. The third-order valence-corrected chi connectivity index (χ3v) is 4.14. The van der Waals surface area contributed by atoms with Crippen molar-refractivity contribution in [3.8, 4) is 0 Å². The highest BCUT2D eigenvalue weighted by atomic mass is 35.5. The van der Waals surface area contributed by atoms with E-state index in [2.05, 4.69) is 17.1 Å². The largest absolute Gasteiger partial charge is 0.314 e. The van der Waals surface area contributed by atoms with Crippen molar-refractivity contribution in [2.45, 2.75) is 32.7 Å². The molecule has 1 N–H and O–H groups in total. The van der Waals surface area contributed by atoms with Gasteiger partial charge in [0.25, 0.3) is 0 Å². The van der Waals surface area contributed by atoms with Crippen LogP contribution in [0.5, 0.6) is 0 Å². The average molecular weight is 321 g/mol. The fourth-order valence-electron chi connectivity index (χ4n) is 2.76. The van der Waals surface area contributed by atoms with Crippen LogP contribution >= 0.6 is 24.0 Å². The van der Waals surface area contributed by atoms with Gasteiger partial charge < -0.3 is 5.32 Å². The van der Waals surface area contributed by atoms with Gasteiger partial charge in [-0.2, -0.15) is 0 Å². The second kappa shape index (κ2) is 8.18. The summed E-state index contributed by atoms with van der Waals surface area (Å²) in [5.74, 6) is -0.135. The van der Waals surface area contributed by atoms with Gasteiger partial charge in [0.15, 0.2) is 0 Å². The molecule has 0 amide bonds. The zero-order valence-corrected chi connectivity index (χ0v) is 13.7. The fourth-order valence-corrected chi connectivity index (χ4v) is 3.03. The molecule has 2 rings (SSSR count). The Morgan fingerprint density at radius 1 is 1.35 bits per heavy atom. The number of nitrogens with zero attached hydrogens (tertiary/aromatic N) is 1. The van der Waals surface area contributed by atoms with Crippen molar-refractivity contribution in [1.82, 2.24) is 10.2 Å². The number of hydrogen-bond donors (Lipinski definition) is 1. The highest BCUT2D eigenvalue weighted by Crippen LogP contribution is 2.34. The summed E-state index contributed by atoms with van der Waals surface area (Å²) < 4.78 is 14.5. The van der Waals surface area contributed by atoms with Crippen LogP contribution in [-0.2, 0) is 0 Å². The number of rotatable bonds is 4. The molecule has 1 saturated heterocycles. The van der Waals surface area contributed by atoms with Gasteiger partial charge in [-0.1, -0.05) is 31.0 Å². The molecule has 0 aliphatic carbocycles. The molecule has 0 spiro atoms. The van der Waals surface area contributed by atoms with Gasteiger partial charge in [-0.3, -0.25) is 4.90 Å². The van der Waals surface area contributed by atoms with Crippen LogP contribution in [0, 0.1) is 12.7 Å². The van der Waals surface area contributed by atoms with Crippen molar-refractivity contribution in [3.05, 3.63) is 34.1 Å². The number of halogens is 3. The van der Waals surface area contributed by atoms with Crippen molar-refractivity contribution < 1.29 is 4.39 Å². The van der Waals surface area contributed by atoms with E-state index in [0.717, 1.165) is 39.0 Å². The fraction of sp³-hybridized carbons (Fsp3) is 0.600. The predicted molar refractivity (Wildman–Crippen MR) is 85.5 cm³/mol. The minimum Gasteiger partial charge on any atom is -0.314 e. The third-order valence-electron chi connectivity index (χ3n) is 3.81. The summed E-state index contributed by atoms with van der Waals surface area (Å²) in [5, 5.41) is 3.89. The molecule has 0 bridgehead atoms. The molecule has 0 unspecified atom stereocenters. The van der Waals surface area contributed by atoms with Gasteiger partial charge in [0.2, 0.25) is 0 Å². The number of piperazine rings is 1. The van der Waals surface area contributed by atoms with E-state index in [1.807, 2.05) is 6.07 Å². The van der Waals surface area contributed by atoms with Gasteiger partial charge in [-0.15, -0.1) is 12.4 Å². The standard InChI is InChI=1S/C15H22ClFN2.ClH/c1-3-4-13(19-9-7-18-8-10-19)14-12(16)6-5-11(2)15(14)17;/h5-6,13,18H,3-4,7-10H2,1-2H3;1H/t13-;/m0./s1. The van der Waals surface area contributed by atoms with Crippen LogP contribution in [0.25, 0.3) is 0 Å². The lowest BCUT2D eigenvalue weighted by Gasteiger charge is -2.36. The van der Waals surface area contributed by atoms with Gasteiger partial charge in [0.05, 0.1) is 0 Å². The average Bonchev–Trinajstić information content (AvgIpc) is 2.43. The molecule has 1 heterocycles. The first-order chi connectivity index (χ1) is 9.15. The number of hydrogen-bond acceptors (Lipinski definition) is 2. The molecule has 1 aliphatic heterocycles. The molecule has 1 atom stereocenters. The summed E-state index contributed by atoms with van der Waals surface area (Å²) in [6.07, 6.45) is 1.97. The van der Waals surface area contributed by atoms with Gasteiger partial charge in [-0.25, -0.2) is 4.39 Å². The van der Waals surface area contributed by atoms with Crippen molar-refractivity contribution >= 4 is 24.0 Å². The van der Waals surface area contributed by atoms with E-state index in [1.54, 1.807) is 13.0 Å². The minimum atomic E-state index is -0.135. The van der Waals surface area contributed by atoms with Crippen molar-refractivity contribution in [1.29, 1.82) is 0 Å². The lowest BCUT2D eigenvalue weighted by Crippen LogP contribution is -2.45. The van der Waals surface area contributed by atoms with Crippen molar-refractivity contribution in [2.24, 2.45) is 0 Å². The van der Waals surface area contributed by atoms with E-state index in [9.17, 15) is 4.39 Å². The molecule has 2 nitrogen and oxygen atoms in total. The molecule has 1 fully saturated rings. The van der Waals surface area contributed by atoms with E-state index in [0.29, 0.717) is 16.1 Å². The lowest BCUT2D eigenvalue weighted by molar-refractivity contribution is 0.161. The predicted octanol–water partition coefficient (Wildman–Crippen LogP) is 3.96. The molecule has 0 saturated carbocycles. The highest BCUT2D eigenvalue weighted by Gasteiger charge is 2.26. The Morgan fingerprint density at radius 3 is 2.60 bits per heavy atom. The van der Waals surface area contributed by atoms with Gasteiger partial charge >= 0.3 is 0 Å². The summed E-state index contributed by atoms with van der Waals surface area (Å²) in [7, 11) is 0. The first kappa shape index (κ1) is 17.7. The van der Waals surface area contributed by atoms with Gasteiger partial charge in [0.1, 0.15) is 5.82 Å². The molecule has 20 heavy (non-hydrogen) atoms. The van der Waals surface area contributed by atoms with E-state index < -0.39 is 0 Å². The number of benzene rings is 1. The third kappa shape index (κ3) is 3.85. The Hall–Kier alpha value is -0.350. The second-order valence-corrected chi connectivity index (χ2v) is 5.59. The van der Waals surface area contributed by atoms with Crippen LogP contribution in [0.4, 0.5) is 4.39 Å². The Balaban J connectivity index is 0.00000200. The molecule has 0 radical (unpaired) electrons. The highest BCUT2D eigenvalue weighted by molar-refractivity contribution is 6.31. The normalized spacial score (nSPS) is 17.6. The zero-order chi connectivity index (χ0) is 13.8. The van der Waals surface area contributed by atoms with Gasteiger partial charge in [-0.05, 0) is 25.0 Å². The summed E-state index contributed by atoms with van der Waals surface area (Å²) in [4.78, 5) is 2.35. The van der Waals surface area contributed by atoms with E-state index >= 15 is 0 Å². The number of nitrogens with one attached hydrogen (secondary N) is 1. The lowest BCUT2D eigenvalue weighted by atomic mass is 9.97. The van der Waals surface area contributed by atoms with Crippen LogP contribution in [0.15, 0.2) is 12.1 Å². The first-order valence-corrected chi connectivity index (χ1v) is 7.42. The van der Waals surface area contributed by atoms with E-state index in [-0.39, 0.29) is 24.3 Å². The second-order valence-electron chi connectivity index (χ2n) is 5.18. The summed E-state index contributed by atoms with van der Waals surface area (Å²) in [6, 6.07) is 3.67. The van der Waals surface area contributed by atoms with Crippen LogP contribution in [0.1, 0.15) is 36.9 Å². The summed E-state index contributed by atoms with van der Waals surface area (Å²) >= 11 is 6.27. The van der Waals surface area contributed by atoms with Crippen molar-refractivity contribution in [3.63, 3.8) is 0 Å². The first-order valence-electron chi connectivity index (χ1n) is 7.04. The molecule has 0 aromatic heterocycles. The topological polar surface area (TPSA) is 15.3 Å². The zero-order valence-electron chi connectivity index (χ0n) is 12.1. The molecule has 5 heteroatoms. The van der Waals surface area contributed by atoms with E-state index in [4.69, 9.17) is 11.6 Å². The summed E-state index contributed by atoms with van der Waals surface area (Å²) in [6.45, 7) is 7.77. The Morgan fingerprint density at radius 2 is 2.00 bits per heavy atom. The van der Waals surface area contributed by atoms with Gasteiger partial charge in [0, 0.05) is 42.8 Å². The monoisotopic (exact) mass is 320 g/mol. The molecule has 1 aromatic carbocycles. The molecule has 114 valence electrons. The quantitative estimate of drug-likeness (QED) is 0.903. The Bertz CT molecular complexity index is 434. The smallest absolute Gasteiger partial charge is 0.132 e. The maximum atomic E-state index is 14.5. The maximum absolute atomic E-state index is 14.5. The Kier molecular flexibility index (Phi) is 7.24. The molecular weight excluding hydrogens is 298 g/mol. The van der Waals surface area contributed by atoms with Crippen LogP contribution < -0.4 is 5.32 Å². The Labute approximate surface area is 132 Å². The summed E-state index contributed by atoms with van der Waals surface area (Å²) in [5.41, 5.74) is 1.36. The molecule has 1 aliphatic rings. The van der Waals surface area contributed by atoms with Crippen LogP contribution in [-0.4, -0.2) is 31.1 Å². The SMILES string of the molecule is CCC[C@@H](c1c(Cl)ccc(C)c1F)N1CCNCC1.Cl. The molecular formula is C15H23Cl2FN2. The van der Waals surface area contributed by atoms with Crippen molar-refractivity contribution in [2.75, 3.05) is 26.2 Å². The maximum Gasteiger partial charge on any atom is 0.132 e. The molecule has 1 aromatic rings.